The number of isothiocyanates is 1. The van der Waals surface area contributed by atoms with Gasteiger partial charge in [-0.1, -0.05) is 18.2 Å². The summed E-state index contributed by atoms with van der Waals surface area (Å²) in [5.74, 6) is 1.13. The molecule has 0 spiro atoms. The number of thiocarbonyl (C=S) groups is 1. The molecule has 0 aliphatic rings. The Kier molecular flexibility index (Phi) is 3.38. The Labute approximate surface area is 98.4 Å². The molecule has 0 radical (unpaired) electrons. The molecule has 0 amide bonds. The van der Waals surface area contributed by atoms with Gasteiger partial charge < -0.3 is 4.74 Å². The molecule has 0 bridgehead atoms. The van der Waals surface area contributed by atoms with E-state index in [-0.39, 0.29) is 0 Å². The van der Waals surface area contributed by atoms with E-state index >= 15 is 0 Å². The monoisotopic (exact) mass is 228 g/mol. The first-order valence-electron chi connectivity index (χ1n) is 4.66. The van der Waals surface area contributed by atoms with Crippen LogP contribution >= 0.6 is 12.2 Å². The van der Waals surface area contributed by atoms with Crippen molar-refractivity contribution in [3.8, 4) is 11.6 Å². The van der Waals surface area contributed by atoms with Crippen LogP contribution in [-0.2, 0) is 0 Å². The lowest BCUT2D eigenvalue weighted by Gasteiger charge is -2.05. The Morgan fingerprint density at radius 2 is 1.94 bits per heavy atom. The van der Waals surface area contributed by atoms with Crippen molar-refractivity contribution in [2.24, 2.45) is 4.99 Å². The number of benzene rings is 1. The molecular formula is C12H8N2OS. The third-order valence-corrected chi connectivity index (χ3v) is 1.97. The average Bonchev–Trinajstić information content (AvgIpc) is 2.33. The van der Waals surface area contributed by atoms with Gasteiger partial charge in [0.05, 0.1) is 5.16 Å². The summed E-state index contributed by atoms with van der Waals surface area (Å²) >= 11 is 4.56. The molecule has 0 aliphatic heterocycles. The molecule has 2 rings (SSSR count). The van der Waals surface area contributed by atoms with E-state index in [9.17, 15) is 0 Å². The fraction of sp³-hybridized carbons (Fsp3) is 0. The molecule has 2 aromatic rings. The molecule has 4 heteroatoms. The summed E-state index contributed by atoms with van der Waals surface area (Å²) < 4.78 is 5.57. The topological polar surface area (TPSA) is 34.5 Å². The second-order valence-electron chi connectivity index (χ2n) is 2.95. The molecule has 16 heavy (non-hydrogen) atoms. The molecule has 0 saturated carbocycles. The molecule has 0 fully saturated rings. The lowest BCUT2D eigenvalue weighted by Crippen LogP contribution is -1.87. The quantitative estimate of drug-likeness (QED) is 0.594. The van der Waals surface area contributed by atoms with Crippen LogP contribution in [0.1, 0.15) is 0 Å². The molecule has 1 heterocycles. The second kappa shape index (κ2) is 5.16. The number of pyridine rings is 1. The minimum absolute atomic E-state index is 0.422. The van der Waals surface area contributed by atoms with E-state index < -0.39 is 0 Å². The van der Waals surface area contributed by atoms with Crippen LogP contribution in [0.25, 0.3) is 0 Å². The summed E-state index contributed by atoms with van der Waals surface area (Å²) in [6.45, 7) is 0. The van der Waals surface area contributed by atoms with Crippen LogP contribution in [0.15, 0.2) is 53.7 Å². The van der Waals surface area contributed by atoms with Crippen LogP contribution in [-0.4, -0.2) is 10.1 Å². The number of para-hydroxylation sites is 1. The normalized spacial score (nSPS) is 9.25. The van der Waals surface area contributed by atoms with Gasteiger partial charge in [-0.2, -0.15) is 4.99 Å². The molecule has 0 N–H and O–H groups in total. The molecule has 0 atom stereocenters. The Hall–Kier alpha value is -2.03. The highest BCUT2D eigenvalue weighted by molar-refractivity contribution is 7.78. The molecule has 1 aromatic carbocycles. The van der Waals surface area contributed by atoms with Crippen molar-refractivity contribution < 1.29 is 4.74 Å². The summed E-state index contributed by atoms with van der Waals surface area (Å²) in [6, 6.07) is 12.9. The van der Waals surface area contributed by atoms with Gasteiger partial charge in [0.25, 0.3) is 0 Å². The van der Waals surface area contributed by atoms with Crippen molar-refractivity contribution in [1.82, 2.24) is 4.98 Å². The first kappa shape index (κ1) is 10.5. The summed E-state index contributed by atoms with van der Waals surface area (Å²) in [6.07, 6.45) is 1.64. The Balaban J connectivity index is 2.31. The zero-order valence-corrected chi connectivity index (χ0v) is 9.15. The van der Waals surface area contributed by atoms with E-state index in [1.54, 1.807) is 18.3 Å². The molecule has 3 nitrogen and oxygen atoms in total. The second-order valence-corrected chi connectivity index (χ2v) is 3.13. The molecule has 78 valence electrons. The highest BCUT2D eigenvalue weighted by atomic mass is 32.1. The number of hydrogen-bond donors (Lipinski definition) is 0. The predicted octanol–water partition coefficient (Wildman–Crippen LogP) is 3.61. The fourth-order valence-electron chi connectivity index (χ4n) is 1.20. The number of ether oxygens (including phenoxy) is 1. The number of rotatable bonds is 3. The number of hydrogen-bond acceptors (Lipinski definition) is 4. The minimum atomic E-state index is 0.422. The predicted molar refractivity (Wildman–Crippen MR) is 65.4 cm³/mol. The van der Waals surface area contributed by atoms with Crippen molar-refractivity contribution in [2.75, 3.05) is 0 Å². The summed E-state index contributed by atoms with van der Waals surface area (Å²) in [7, 11) is 0. The fourth-order valence-corrected chi connectivity index (χ4v) is 1.29. The van der Waals surface area contributed by atoms with Gasteiger partial charge >= 0.3 is 0 Å². The van der Waals surface area contributed by atoms with Crippen molar-refractivity contribution in [3.63, 3.8) is 0 Å². The van der Waals surface area contributed by atoms with Gasteiger partial charge in [0, 0.05) is 6.20 Å². The highest BCUT2D eigenvalue weighted by Crippen LogP contribution is 2.28. The first-order valence-corrected chi connectivity index (χ1v) is 5.07. The van der Waals surface area contributed by atoms with Gasteiger partial charge in [0.15, 0.2) is 0 Å². The van der Waals surface area contributed by atoms with Gasteiger partial charge in [-0.3, -0.25) is 0 Å². The maximum Gasteiger partial charge on any atom is 0.246 e. The number of aliphatic imine (C=N–C) groups is 1. The lowest BCUT2D eigenvalue weighted by atomic mass is 10.3. The van der Waals surface area contributed by atoms with E-state index in [1.165, 1.54) is 0 Å². The van der Waals surface area contributed by atoms with Crippen LogP contribution in [0.4, 0.5) is 5.69 Å². The molecule has 0 saturated heterocycles. The van der Waals surface area contributed by atoms with Gasteiger partial charge in [0.1, 0.15) is 11.4 Å². The lowest BCUT2D eigenvalue weighted by molar-refractivity contribution is 0.464. The first-order chi connectivity index (χ1) is 7.90. The van der Waals surface area contributed by atoms with Crippen molar-refractivity contribution in [2.45, 2.75) is 0 Å². The SMILES string of the molecule is S=C=Nc1cccnc1Oc1ccccc1. The number of nitrogens with zero attached hydrogens (tertiary/aromatic N) is 2. The van der Waals surface area contributed by atoms with Crippen LogP contribution in [0.2, 0.25) is 0 Å². The maximum absolute atomic E-state index is 5.57. The summed E-state index contributed by atoms with van der Waals surface area (Å²) in [5, 5.41) is 2.30. The Morgan fingerprint density at radius 1 is 1.12 bits per heavy atom. The summed E-state index contributed by atoms with van der Waals surface area (Å²) in [5.41, 5.74) is 0.571. The van der Waals surface area contributed by atoms with E-state index in [4.69, 9.17) is 4.74 Å². The van der Waals surface area contributed by atoms with Crippen molar-refractivity contribution in [1.29, 1.82) is 0 Å². The van der Waals surface area contributed by atoms with Crippen LogP contribution < -0.4 is 4.74 Å². The summed E-state index contributed by atoms with van der Waals surface area (Å²) in [4.78, 5) is 7.97. The smallest absolute Gasteiger partial charge is 0.246 e. The zero-order chi connectivity index (χ0) is 11.2. The molecule has 0 aliphatic carbocycles. The highest BCUT2D eigenvalue weighted by Gasteiger charge is 2.03. The van der Waals surface area contributed by atoms with E-state index in [0.717, 1.165) is 0 Å². The van der Waals surface area contributed by atoms with Crippen LogP contribution in [0.5, 0.6) is 11.6 Å². The largest absolute Gasteiger partial charge is 0.437 e. The van der Waals surface area contributed by atoms with Gasteiger partial charge in [-0.15, -0.1) is 0 Å². The zero-order valence-electron chi connectivity index (χ0n) is 8.33. The minimum Gasteiger partial charge on any atom is -0.437 e. The van der Waals surface area contributed by atoms with Crippen LogP contribution in [0, 0.1) is 0 Å². The van der Waals surface area contributed by atoms with Gasteiger partial charge in [0.2, 0.25) is 5.88 Å². The standard InChI is InChI=1S/C12H8N2OS/c16-9-14-11-7-4-8-13-12(11)15-10-5-2-1-3-6-10/h1-8H. The third kappa shape index (κ3) is 2.51. The van der Waals surface area contributed by atoms with Gasteiger partial charge in [-0.25, -0.2) is 4.98 Å². The van der Waals surface area contributed by atoms with E-state index in [2.05, 4.69) is 27.4 Å². The Morgan fingerprint density at radius 3 is 2.69 bits per heavy atom. The van der Waals surface area contributed by atoms with E-state index in [0.29, 0.717) is 17.3 Å². The van der Waals surface area contributed by atoms with Gasteiger partial charge in [-0.05, 0) is 36.5 Å². The maximum atomic E-state index is 5.57. The van der Waals surface area contributed by atoms with E-state index in [1.807, 2.05) is 30.3 Å². The third-order valence-electron chi connectivity index (χ3n) is 1.87. The number of aromatic nitrogens is 1. The molecule has 1 aromatic heterocycles. The average molecular weight is 228 g/mol. The van der Waals surface area contributed by atoms with Crippen molar-refractivity contribution >= 4 is 23.1 Å². The Bertz CT molecular complexity index is 522. The molecular weight excluding hydrogens is 220 g/mol. The van der Waals surface area contributed by atoms with Crippen LogP contribution in [0.3, 0.4) is 0 Å². The molecule has 0 unspecified atom stereocenters. The van der Waals surface area contributed by atoms with Crippen molar-refractivity contribution in [3.05, 3.63) is 48.7 Å².